The first-order valence-electron chi connectivity index (χ1n) is 5.67. The second kappa shape index (κ2) is 4.73. The Morgan fingerprint density at radius 3 is 2.94 bits per heavy atom. The Morgan fingerprint density at radius 1 is 1.59 bits per heavy atom. The van der Waals surface area contributed by atoms with Crippen molar-refractivity contribution in [1.29, 1.82) is 0 Å². The van der Waals surface area contributed by atoms with E-state index < -0.39 is 15.9 Å². The zero-order valence-corrected chi connectivity index (χ0v) is 10.5. The number of sulfone groups is 1. The highest BCUT2D eigenvalue weighted by Crippen LogP contribution is 2.22. The van der Waals surface area contributed by atoms with Gasteiger partial charge < -0.3 is 9.63 Å². The number of hydrogen-bond acceptors (Lipinski definition) is 6. The molecule has 2 unspecified atom stereocenters. The first-order chi connectivity index (χ1) is 7.96. The van der Waals surface area contributed by atoms with Gasteiger partial charge in [0.05, 0.1) is 11.5 Å². The Labute approximate surface area is 99.9 Å². The molecule has 2 rings (SSSR count). The van der Waals surface area contributed by atoms with Gasteiger partial charge in [-0.05, 0) is 25.7 Å². The number of aliphatic hydroxyl groups is 1. The molecule has 1 aliphatic heterocycles. The van der Waals surface area contributed by atoms with Crippen LogP contribution >= 0.6 is 0 Å². The summed E-state index contributed by atoms with van der Waals surface area (Å²) in [4.78, 5) is 4.03. The van der Waals surface area contributed by atoms with Gasteiger partial charge in [-0.3, -0.25) is 0 Å². The van der Waals surface area contributed by atoms with Crippen molar-refractivity contribution in [3.05, 3.63) is 11.7 Å². The predicted molar refractivity (Wildman–Crippen MR) is 60.0 cm³/mol. The van der Waals surface area contributed by atoms with E-state index in [1.807, 2.05) is 0 Å². The van der Waals surface area contributed by atoms with E-state index in [4.69, 9.17) is 4.52 Å². The molecule has 1 fully saturated rings. The molecular formula is C10H16N2O4S. The van der Waals surface area contributed by atoms with Crippen molar-refractivity contribution < 1.29 is 18.0 Å². The summed E-state index contributed by atoms with van der Waals surface area (Å²) in [7, 11) is -2.90. The van der Waals surface area contributed by atoms with Crippen molar-refractivity contribution >= 4 is 9.84 Å². The standard InChI is InChI=1S/C10H16N2O4S/c1-7(13)10-11-9(16-12-10)5-8-3-2-4-17(14,15)6-8/h7-8,13H,2-6H2,1H3. The maximum Gasteiger partial charge on any atom is 0.227 e. The van der Waals surface area contributed by atoms with Crippen LogP contribution in [0, 0.1) is 5.92 Å². The van der Waals surface area contributed by atoms with Crippen molar-refractivity contribution in [2.45, 2.75) is 32.3 Å². The number of nitrogens with zero attached hydrogens (tertiary/aromatic N) is 2. The van der Waals surface area contributed by atoms with Crippen molar-refractivity contribution in [2.75, 3.05) is 11.5 Å². The van der Waals surface area contributed by atoms with E-state index in [1.54, 1.807) is 6.92 Å². The summed E-state index contributed by atoms with van der Waals surface area (Å²) in [5, 5.41) is 12.9. The first kappa shape index (κ1) is 12.5. The van der Waals surface area contributed by atoms with Crippen LogP contribution in [0.15, 0.2) is 4.52 Å². The number of rotatable bonds is 3. The predicted octanol–water partition coefficient (Wildman–Crippen LogP) is 0.490. The third-order valence-electron chi connectivity index (χ3n) is 2.88. The van der Waals surface area contributed by atoms with Gasteiger partial charge in [0.1, 0.15) is 6.10 Å². The average molecular weight is 260 g/mol. The second-order valence-corrected chi connectivity index (χ2v) is 6.78. The van der Waals surface area contributed by atoms with E-state index in [9.17, 15) is 13.5 Å². The molecule has 0 bridgehead atoms. The molecule has 96 valence electrons. The summed E-state index contributed by atoms with van der Waals surface area (Å²) in [6.07, 6.45) is 1.28. The van der Waals surface area contributed by atoms with Crippen LogP contribution in [0.1, 0.15) is 37.6 Å². The van der Waals surface area contributed by atoms with Gasteiger partial charge in [-0.2, -0.15) is 4.98 Å². The molecule has 0 spiro atoms. The normalized spacial score (nSPS) is 25.6. The van der Waals surface area contributed by atoms with Gasteiger partial charge in [0, 0.05) is 6.42 Å². The van der Waals surface area contributed by atoms with E-state index in [2.05, 4.69) is 10.1 Å². The quantitative estimate of drug-likeness (QED) is 0.850. The molecule has 7 heteroatoms. The smallest absolute Gasteiger partial charge is 0.227 e. The van der Waals surface area contributed by atoms with E-state index >= 15 is 0 Å². The fraction of sp³-hybridized carbons (Fsp3) is 0.800. The fourth-order valence-electron chi connectivity index (χ4n) is 2.05. The molecule has 0 aliphatic carbocycles. The van der Waals surface area contributed by atoms with Gasteiger partial charge in [0.25, 0.3) is 0 Å². The molecule has 0 aromatic carbocycles. The van der Waals surface area contributed by atoms with Gasteiger partial charge in [-0.1, -0.05) is 5.16 Å². The summed E-state index contributed by atoms with van der Waals surface area (Å²) < 4.78 is 27.9. The van der Waals surface area contributed by atoms with Crippen LogP contribution in [0.3, 0.4) is 0 Å². The van der Waals surface area contributed by atoms with Crippen LogP contribution < -0.4 is 0 Å². The van der Waals surface area contributed by atoms with Crippen LogP contribution in [0.4, 0.5) is 0 Å². The topological polar surface area (TPSA) is 93.3 Å². The Kier molecular flexibility index (Phi) is 3.48. The molecule has 1 aliphatic rings. The highest BCUT2D eigenvalue weighted by Gasteiger charge is 2.26. The molecule has 0 radical (unpaired) electrons. The molecule has 0 saturated carbocycles. The summed E-state index contributed by atoms with van der Waals surface area (Å²) >= 11 is 0. The molecule has 1 aromatic heterocycles. The Balaban J connectivity index is 2.00. The van der Waals surface area contributed by atoms with Crippen molar-refractivity contribution in [3.8, 4) is 0 Å². The zero-order valence-electron chi connectivity index (χ0n) is 9.66. The Bertz CT molecular complexity index is 480. The molecule has 17 heavy (non-hydrogen) atoms. The van der Waals surface area contributed by atoms with E-state index in [0.717, 1.165) is 6.42 Å². The number of aromatic nitrogens is 2. The first-order valence-corrected chi connectivity index (χ1v) is 7.49. The van der Waals surface area contributed by atoms with E-state index in [1.165, 1.54) is 0 Å². The lowest BCUT2D eigenvalue weighted by molar-refractivity contribution is 0.184. The largest absolute Gasteiger partial charge is 0.385 e. The van der Waals surface area contributed by atoms with Crippen LogP contribution in [0.5, 0.6) is 0 Å². The van der Waals surface area contributed by atoms with E-state index in [-0.39, 0.29) is 23.2 Å². The van der Waals surface area contributed by atoms with Crippen molar-refractivity contribution in [2.24, 2.45) is 5.92 Å². The highest BCUT2D eigenvalue weighted by atomic mass is 32.2. The Morgan fingerprint density at radius 2 is 2.35 bits per heavy atom. The van der Waals surface area contributed by atoms with Crippen molar-refractivity contribution in [1.82, 2.24) is 10.1 Å². The lowest BCUT2D eigenvalue weighted by atomic mass is 10.0. The number of aliphatic hydroxyl groups excluding tert-OH is 1. The van der Waals surface area contributed by atoms with Crippen LogP contribution in [-0.2, 0) is 16.3 Å². The molecule has 0 amide bonds. The molecular weight excluding hydrogens is 244 g/mol. The Hall–Kier alpha value is -0.950. The summed E-state index contributed by atoms with van der Waals surface area (Å²) in [6, 6.07) is 0. The third kappa shape index (κ3) is 3.26. The summed E-state index contributed by atoms with van der Waals surface area (Å²) in [5.41, 5.74) is 0. The van der Waals surface area contributed by atoms with Gasteiger partial charge >= 0.3 is 0 Å². The fourth-order valence-corrected chi connectivity index (χ4v) is 3.82. The minimum absolute atomic E-state index is 0.0519. The van der Waals surface area contributed by atoms with Crippen LogP contribution in [0.25, 0.3) is 0 Å². The zero-order chi connectivity index (χ0) is 12.5. The third-order valence-corrected chi connectivity index (χ3v) is 4.77. The van der Waals surface area contributed by atoms with Crippen LogP contribution in [0.2, 0.25) is 0 Å². The molecule has 1 saturated heterocycles. The second-order valence-electron chi connectivity index (χ2n) is 4.55. The van der Waals surface area contributed by atoms with Gasteiger partial charge in [0.15, 0.2) is 15.7 Å². The van der Waals surface area contributed by atoms with Gasteiger partial charge in [-0.25, -0.2) is 8.42 Å². The lowest BCUT2D eigenvalue weighted by Gasteiger charge is -2.19. The van der Waals surface area contributed by atoms with Gasteiger partial charge in [0.2, 0.25) is 5.89 Å². The molecule has 2 atom stereocenters. The van der Waals surface area contributed by atoms with Gasteiger partial charge in [-0.15, -0.1) is 0 Å². The molecule has 1 N–H and O–H groups in total. The summed E-state index contributed by atoms with van der Waals surface area (Å²) in [6.45, 7) is 1.56. The lowest BCUT2D eigenvalue weighted by Crippen LogP contribution is -2.26. The van der Waals surface area contributed by atoms with E-state index in [0.29, 0.717) is 18.7 Å². The maximum atomic E-state index is 11.5. The number of hydrogen-bond donors (Lipinski definition) is 1. The summed E-state index contributed by atoms with van der Waals surface area (Å²) in [5.74, 6) is 1.18. The van der Waals surface area contributed by atoms with Crippen molar-refractivity contribution in [3.63, 3.8) is 0 Å². The highest BCUT2D eigenvalue weighted by molar-refractivity contribution is 7.91. The van der Waals surface area contributed by atoms with Crippen LogP contribution in [-0.4, -0.2) is 35.2 Å². The monoisotopic (exact) mass is 260 g/mol. The molecule has 1 aromatic rings. The maximum absolute atomic E-state index is 11.5. The molecule has 2 heterocycles. The minimum atomic E-state index is -2.90. The minimum Gasteiger partial charge on any atom is -0.385 e. The molecule has 6 nitrogen and oxygen atoms in total. The average Bonchev–Trinajstić information content (AvgIpc) is 2.64. The SMILES string of the molecule is CC(O)c1noc(CC2CCCS(=O)(=O)C2)n1.